The van der Waals surface area contributed by atoms with E-state index in [9.17, 15) is 4.79 Å². The van der Waals surface area contributed by atoms with Crippen LogP contribution in [0.3, 0.4) is 0 Å². The van der Waals surface area contributed by atoms with Crippen molar-refractivity contribution in [3.05, 3.63) is 84.9 Å². The van der Waals surface area contributed by atoms with Crippen molar-refractivity contribution >= 4 is 22.5 Å². The average Bonchev–Trinajstić information content (AvgIpc) is 3.39. The number of carbonyl (C=O) groups excluding carboxylic acids is 1. The summed E-state index contributed by atoms with van der Waals surface area (Å²) >= 11 is 0. The van der Waals surface area contributed by atoms with Gasteiger partial charge in [-0.3, -0.25) is 0 Å². The number of fused-ring (bicyclic) bond motifs is 1. The molecule has 1 N–H and O–H groups in total. The lowest BCUT2D eigenvalue weighted by Crippen LogP contribution is -2.52. The average molecular weight is 427 g/mol. The molecule has 0 saturated carbocycles. The number of urea groups is 1. The zero-order valence-electron chi connectivity index (χ0n) is 18.1. The van der Waals surface area contributed by atoms with Crippen LogP contribution in [-0.4, -0.2) is 42.1 Å². The van der Waals surface area contributed by atoms with Gasteiger partial charge >= 0.3 is 6.03 Å². The topological polar surface area (TPSA) is 61.6 Å². The van der Waals surface area contributed by atoms with Crippen LogP contribution in [0.25, 0.3) is 22.1 Å². The normalized spacial score (nSPS) is 15.0. The lowest BCUT2D eigenvalue weighted by atomic mass is 10.00. The van der Waals surface area contributed by atoms with Crippen LogP contribution in [0.15, 0.2) is 83.7 Å². The molecule has 4 aromatic rings. The molecule has 0 aliphatic carbocycles. The van der Waals surface area contributed by atoms with Crippen LogP contribution in [0.1, 0.15) is 18.5 Å². The van der Waals surface area contributed by atoms with Crippen molar-refractivity contribution in [3.63, 3.8) is 0 Å². The van der Waals surface area contributed by atoms with Gasteiger partial charge in [-0.25, -0.2) is 9.78 Å². The van der Waals surface area contributed by atoms with E-state index in [0.717, 1.165) is 35.7 Å². The molecule has 0 radical (unpaired) electrons. The summed E-state index contributed by atoms with van der Waals surface area (Å²) < 4.78 is 5.36. The zero-order chi connectivity index (χ0) is 21.9. The predicted octanol–water partition coefficient (Wildman–Crippen LogP) is 5.09. The standard InChI is InChI=1S/C26H26N4O2/c1-19(23-8-4-6-20-5-2-3-7-24(20)23)28-26(31)30-15-13-29(14-16-30)22-11-9-21(10-12-22)25-17-27-18-32-25/h2-12,17-19H,13-16H2,1H3,(H,28,31)/t19-/m0/s1. The Bertz CT molecular complexity index is 1190. The van der Waals surface area contributed by atoms with Gasteiger partial charge in [0.1, 0.15) is 0 Å². The Labute approximate surface area is 187 Å². The minimum absolute atomic E-state index is 0.00856. The largest absolute Gasteiger partial charge is 0.444 e. The fourth-order valence-electron chi connectivity index (χ4n) is 4.34. The Balaban J connectivity index is 1.19. The predicted molar refractivity (Wildman–Crippen MR) is 127 cm³/mol. The van der Waals surface area contributed by atoms with E-state index >= 15 is 0 Å². The zero-order valence-corrected chi connectivity index (χ0v) is 18.1. The van der Waals surface area contributed by atoms with Crippen LogP contribution >= 0.6 is 0 Å². The number of oxazole rings is 1. The molecule has 2 heterocycles. The smallest absolute Gasteiger partial charge is 0.317 e. The number of hydrogen-bond donors (Lipinski definition) is 1. The summed E-state index contributed by atoms with van der Waals surface area (Å²) in [6, 6.07) is 22.7. The number of hydrogen-bond acceptors (Lipinski definition) is 4. The highest BCUT2D eigenvalue weighted by atomic mass is 16.3. The summed E-state index contributed by atoms with van der Waals surface area (Å²) in [5.41, 5.74) is 3.30. The van der Waals surface area contributed by atoms with Gasteiger partial charge in [0.2, 0.25) is 0 Å². The van der Waals surface area contributed by atoms with Gasteiger partial charge in [0.15, 0.2) is 12.2 Å². The number of nitrogens with one attached hydrogen (secondary N) is 1. The molecule has 0 bridgehead atoms. The van der Waals surface area contributed by atoms with Gasteiger partial charge in [-0.15, -0.1) is 0 Å². The molecule has 0 spiro atoms. The number of amides is 2. The van der Waals surface area contributed by atoms with Crippen LogP contribution in [0.2, 0.25) is 0 Å². The third-order valence-corrected chi connectivity index (χ3v) is 6.15. The molecule has 32 heavy (non-hydrogen) atoms. The Hall–Kier alpha value is -3.80. The number of carbonyl (C=O) groups is 1. The molecule has 1 aliphatic heterocycles. The highest BCUT2D eigenvalue weighted by Crippen LogP contribution is 2.25. The number of rotatable bonds is 4. The van der Waals surface area contributed by atoms with E-state index in [-0.39, 0.29) is 12.1 Å². The first-order chi connectivity index (χ1) is 15.7. The van der Waals surface area contributed by atoms with Crippen molar-refractivity contribution in [3.8, 4) is 11.3 Å². The molecule has 2 amide bonds. The maximum absolute atomic E-state index is 12.9. The molecular weight excluding hydrogens is 400 g/mol. The van der Waals surface area contributed by atoms with Crippen molar-refractivity contribution in [1.82, 2.24) is 15.2 Å². The first-order valence-electron chi connectivity index (χ1n) is 11.0. The fraction of sp³-hybridized carbons (Fsp3) is 0.231. The summed E-state index contributed by atoms with van der Waals surface area (Å²) in [5, 5.41) is 5.56. The molecule has 1 saturated heterocycles. The van der Waals surface area contributed by atoms with Crippen LogP contribution < -0.4 is 10.2 Å². The highest BCUT2D eigenvalue weighted by molar-refractivity contribution is 5.86. The van der Waals surface area contributed by atoms with Gasteiger partial charge in [0.25, 0.3) is 0 Å². The summed E-state index contributed by atoms with van der Waals surface area (Å²) in [4.78, 5) is 21.1. The first kappa shape index (κ1) is 20.1. The molecule has 6 nitrogen and oxygen atoms in total. The second kappa shape index (κ2) is 8.75. The van der Waals surface area contributed by atoms with E-state index in [1.54, 1.807) is 6.20 Å². The molecule has 0 unspecified atom stereocenters. The fourth-order valence-corrected chi connectivity index (χ4v) is 4.34. The van der Waals surface area contributed by atoms with Gasteiger partial charge in [0, 0.05) is 37.4 Å². The van der Waals surface area contributed by atoms with Crippen molar-refractivity contribution in [2.45, 2.75) is 13.0 Å². The Morgan fingerprint density at radius 1 is 0.969 bits per heavy atom. The summed E-state index contributed by atoms with van der Waals surface area (Å²) in [6.45, 7) is 5.04. The van der Waals surface area contributed by atoms with E-state index in [1.165, 1.54) is 17.2 Å². The SMILES string of the molecule is C[C@H](NC(=O)N1CCN(c2ccc(-c3cnco3)cc2)CC1)c1cccc2ccccc12. The van der Waals surface area contributed by atoms with E-state index in [2.05, 4.69) is 51.6 Å². The van der Waals surface area contributed by atoms with E-state index < -0.39 is 0 Å². The van der Waals surface area contributed by atoms with Crippen molar-refractivity contribution in [2.24, 2.45) is 0 Å². The van der Waals surface area contributed by atoms with Crippen molar-refractivity contribution in [1.29, 1.82) is 0 Å². The van der Waals surface area contributed by atoms with Gasteiger partial charge in [0.05, 0.1) is 12.2 Å². The Morgan fingerprint density at radius 3 is 2.47 bits per heavy atom. The van der Waals surface area contributed by atoms with E-state index in [0.29, 0.717) is 13.1 Å². The molecule has 1 aliphatic rings. The number of anilines is 1. The lowest BCUT2D eigenvalue weighted by Gasteiger charge is -2.36. The third-order valence-electron chi connectivity index (χ3n) is 6.15. The minimum Gasteiger partial charge on any atom is -0.444 e. The third kappa shape index (κ3) is 4.04. The van der Waals surface area contributed by atoms with Crippen LogP contribution in [0.5, 0.6) is 0 Å². The molecule has 162 valence electrons. The lowest BCUT2D eigenvalue weighted by molar-refractivity contribution is 0.191. The minimum atomic E-state index is -0.0599. The molecule has 3 aromatic carbocycles. The molecular formula is C26H26N4O2. The Kier molecular flexibility index (Phi) is 5.50. The number of nitrogens with zero attached hydrogens (tertiary/aromatic N) is 3. The van der Waals surface area contributed by atoms with Crippen molar-refractivity contribution in [2.75, 3.05) is 31.1 Å². The maximum Gasteiger partial charge on any atom is 0.317 e. The van der Waals surface area contributed by atoms with Gasteiger partial charge in [-0.05, 0) is 47.5 Å². The number of benzene rings is 3. The van der Waals surface area contributed by atoms with E-state index in [1.807, 2.05) is 42.2 Å². The van der Waals surface area contributed by atoms with E-state index in [4.69, 9.17) is 4.42 Å². The summed E-state index contributed by atoms with van der Waals surface area (Å²) in [5.74, 6) is 0.762. The maximum atomic E-state index is 12.9. The second-order valence-corrected chi connectivity index (χ2v) is 8.13. The highest BCUT2D eigenvalue weighted by Gasteiger charge is 2.23. The molecule has 1 aromatic heterocycles. The van der Waals surface area contributed by atoms with Gasteiger partial charge in [-0.2, -0.15) is 0 Å². The molecule has 1 fully saturated rings. The van der Waals surface area contributed by atoms with Gasteiger partial charge < -0.3 is 19.5 Å². The second-order valence-electron chi connectivity index (χ2n) is 8.13. The number of piperazine rings is 1. The summed E-state index contributed by atoms with van der Waals surface area (Å²) in [6.07, 6.45) is 3.15. The monoisotopic (exact) mass is 426 g/mol. The van der Waals surface area contributed by atoms with Crippen LogP contribution in [-0.2, 0) is 0 Å². The van der Waals surface area contributed by atoms with Crippen LogP contribution in [0.4, 0.5) is 10.5 Å². The van der Waals surface area contributed by atoms with Gasteiger partial charge in [-0.1, -0.05) is 42.5 Å². The Morgan fingerprint density at radius 2 is 1.72 bits per heavy atom. The summed E-state index contributed by atoms with van der Waals surface area (Å²) in [7, 11) is 0. The van der Waals surface area contributed by atoms with Crippen molar-refractivity contribution < 1.29 is 9.21 Å². The number of aromatic nitrogens is 1. The molecule has 1 atom stereocenters. The first-order valence-corrected chi connectivity index (χ1v) is 11.0. The molecule has 5 rings (SSSR count). The van der Waals surface area contributed by atoms with Crippen LogP contribution in [0, 0.1) is 0 Å². The molecule has 6 heteroatoms. The quantitative estimate of drug-likeness (QED) is 0.494.